The zero-order valence-electron chi connectivity index (χ0n) is 11.6. The molecule has 0 aliphatic carbocycles. The Kier molecular flexibility index (Phi) is 5.75. The van der Waals surface area contributed by atoms with Crippen molar-refractivity contribution >= 4 is 17.9 Å². The first-order valence-electron chi connectivity index (χ1n) is 6.34. The number of rotatable bonds is 3. The summed E-state index contributed by atoms with van der Waals surface area (Å²) in [6, 6.07) is -0.905. The van der Waals surface area contributed by atoms with Gasteiger partial charge in [-0.05, 0) is 32.9 Å². The third-order valence-corrected chi connectivity index (χ3v) is 3.46. The van der Waals surface area contributed by atoms with E-state index in [0.29, 0.717) is 25.9 Å². The summed E-state index contributed by atoms with van der Waals surface area (Å²) in [5.41, 5.74) is 0. The third-order valence-electron chi connectivity index (χ3n) is 3.46. The van der Waals surface area contributed by atoms with Crippen molar-refractivity contribution in [1.82, 2.24) is 15.5 Å². The fourth-order valence-corrected chi connectivity index (χ4v) is 2.13. The van der Waals surface area contributed by atoms with Crippen LogP contribution in [0.25, 0.3) is 0 Å². The molecule has 1 atom stereocenters. The number of carbonyl (C=O) groups is 3. The van der Waals surface area contributed by atoms with Crippen LogP contribution in [-0.2, 0) is 14.3 Å². The highest BCUT2D eigenvalue weighted by Gasteiger charge is 2.30. The largest absolute Gasteiger partial charge is 0.469 e. The van der Waals surface area contributed by atoms with Crippen molar-refractivity contribution in [1.29, 1.82) is 0 Å². The van der Waals surface area contributed by atoms with Gasteiger partial charge in [0.15, 0.2) is 0 Å². The number of hydrogen-bond donors (Lipinski definition) is 2. The third kappa shape index (κ3) is 4.20. The average Bonchev–Trinajstić information content (AvgIpc) is 2.45. The van der Waals surface area contributed by atoms with E-state index in [1.165, 1.54) is 14.2 Å². The van der Waals surface area contributed by atoms with Gasteiger partial charge in [-0.15, -0.1) is 0 Å². The minimum Gasteiger partial charge on any atom is -0.469 e. The van der Waals surface area contributed by atoms with Crippen LogP contribution < -0.4 is 10.6 Å². The Balaban J connectivity index is 2.44. The molecule has 3 amide bonds. The van der Waals surface area contributed by atoms with Crippen molar-refractivity contribution in [3.05, 3.63) is 0 Å². The van der Waals surface area contributed by atoms with E-state index in [9.17, 15) is 14.4 Å². The lowest BCUT2D eigenvalue weighted by molar-refractivity contribution is -0.147. The zero-order chi connectivity index (χ0) is 14.4. The van der Waals surface area contributed by atoms with Crippen molar-refractivity contribution in [2.45, 2.75) is 25.8 Å². The molecule has 1 rings (SSSR count). The molecule has 1 aliphatic heterocycles. The molecule has 0 unspecified atom stereocenters. The van der Waals surface area contributed by atoms with E-state index >= 15 is 0 Å². The van der Waals surface area contributed by atoms with E-state index in [0.717, 1.165) is 0 Å². The van der Waals surface area contributed by atoms with Crippen molar-refractivity contribution in [3.63, 3.8) is 0 Å². The summed E-state index contributed by atoms with van der Waals surface area (Å²) in [5.74, 6) is -0.617. The molecule has 0 aromatic heterocycles. The molecule has 0 radical (unpaired) electrons. The van der Waals surface area contributed by atoms with E-state index < -0.39 is 12.1 Å². The molecule has 7 nitrogen and oxygen atoms in total. The summed E-state index contributed by atoms with van der Waals surface area (Å²) in [7, 11) is 2.84. The Hall–Kier alpha value is -1.63. The summed E-state index contributed by atoms with van der Waals surface area (Å²) in [6.45, 7) is 3.03. The topological polar surface area (TPSA) is 87.7 Å². The highest BCUT2D eigenvalue weighted by atomic mass is 16.5. The number of ether oxygens (including phenoxy) is 1. The van der Waals surface area contributed by atoms with E-state index in [-0.39, 0.29) is 17.8 Å². The normalized spacial score (nSPS) is 18.5. The van der Waals surface area contributed by atoms with Crippen LogP contribution in [0.15, 0.2) is 0 Å². The Morgan fingerprint density at radius 2 is 1.84 bits per heavy atom. The van der Waals surface area contributed by atoms with Crippen molar-refractivity contribution < 1.29 is 19.1 Å². The summed E-state index contributed by atoms with van der Waals surface area (Å²) >= 11 is 0. The number of piperidine rings is 1. The van der Waals surface area contributed by atoms with Crippen molar-refractivity contribution in [2.75, 3.05) is 27.2 Å². The second-order valence-corrected chi connectivity index (χ2v) is 4.58. The zero-order valence-corrected chi connectivity index (χ0v) is 11.6. The number of urea groups is 1. The molecule has 7 heteroatoms. The number of likely N-dealkylation sites (tertiary alicyclic amines) is 1. The van der Waals surface area contributed by atoms with Crippen LogP contribution in [0.2, 0.25) is 0 Å². The van der Waals surface area contributed by atoms with Gasteiger partial charge in [0.25, 0.3) is 0 Å². The number of esters is 1. The van der Waals surface area contributed by atoms with Gasteiger partial charge >= 0.3 is 12.0 Å². The minimum atomic E-state index is -0.513. The number of nitrogens with zero attached hydrogens (tertiary/aromatic N) is 1. The predicted octanol–water partition coefficient (Wildman–Crippen LogP) is -0.284. The molecular formula is C12H21N3O4. The maximum Gasteiger partial charge on any atom is 0.321 e. The molecule has 0 saturated carbocycles. The number of carbonyl (C=O) groups excluding carboxylic acids is 3. The van der Waals surface area contributed by atoms with E-state index in [1.54, 1.807) is 6.92 Å². The second kappa shape index (κ2) is 7.08. The SMILES string of the molecule is CNC(=O)NC(=O)[C@H](C)N1CCC(C(=O)OC)CC1. The van der Waals surface area contributed by atoms with E-state index in [4.69, 9.17) is 4.74 Å². The molecule has 1 aliphatic rings. The van der Waals surface area contributed by atoms with Gasteiger partial charge in [-0.2, -0.15) is 0 Å². The van der Waals surface area contributed by atoms with Gasteiger partial charge in [-0.1, -0.05) is 0 Å². The van der Waals surface area contributed by atoms with Crippen molar-refractivity contribution in [2.24, 2.45) is 5.92 Å². The molecule has 2 N–H and O–H groups in total. The lowest BCUT2D eigenvalue weighted by Crippen LogP contribution is -2.51. The Bertz CT molecular complexity index is 351. The average molecular weight is 271 g/mol. The van der Waals surface area contributed by atoms with Crippen LogP contribution in [0, 0.1) is 5.92 Å². The highest BCUT2D eigenvalue weighted by Crippen LogP contribution is 2.20. The van der Waals surface area contributed by atoms with Crippen LogP contribution in [0.4, 0.5) is 4.79 Å². The monoisotopic (exact) mass is 271 g/mol. The molecule has 0 aromatic rings. The smallest absolute Gasteiger partial charge is 0.321 e. The van der Waals surface area contributed by atoms with Gasteiger partial charge < -0.3 is 10.1 Å². The molecule has 19 heavy (non-hydrogen) atoms. The first kappa shape index (κ1) is 15.4. The standard InChI is InChI=1S/C12H21N3O4/c1-8(10(16)14-12(18)13-2)15-6-4-9(5-7-15)11(17)19-3/h8-9H,4-7H2,1-3H3,(H2,13,14,16,18)/t8-/m0/s1. The molecule has 0 spiro atoms. The number of amides is 3. The number of nitrogens with one attached hydrogen (secondary N) is 2. The van der Waals surface area contributed by atoms with Crippen LogP contribution in [0.5, 0.6) is 0 Å². The lowest BCUT2D eigenvalue weighted by Gasteiger charge is -2.34. The Labute approximate surface area is 112 Å². The van der Waals surface area contributed by atoms with Crippen LogP contribution in [-0.4, -0.2) is 56.1 Å². The fraction of sp³-hybridized carbons (Fsp3) is 0.750. The van der Waals surface area contributed by atoms with Gasteiger partial charge in [-0.25, -0.2) is 4.79 Å². The van der Waals surface area contributed by atoms with Gasteiger partial charge in [0.1, 0.15) is 0 Å². The molecule has 108 valence electrons. The van der Waals surface area contributed by atoms with Crippen molar-refractivity contribution in [3.8, 4) is 0 Å². The Morgan fingerprint density at radius 3 is 2.32 bits per heavy atom. The molecule has 0 bridgehead atoms. The summed E-state index contributed by atoms with van der Waals surface area (Å²) < 4.78 is 4.71. The molecule has 1 heterocycles. The number of imide groups is 1. The van der Waals surface area contributed by atoms with Crippen LogP contribution in [0.1, 0.15) is 19.8 Å². The summed E-state index contributed by atoms with van der Waals surface area (Å²) in [6.07, 6.45) is 1.34. The highest BCUT2D eigenvalue weighted by molar-refractivity contribution is 5.96. The maximum absolute atomic E-state index is 11.8. The number of methoxy groups -OCH3 is 1. The quantitative estimate of drug-likeness (QED) is 0.689. The maximum atomic E-state index is 11.8. The van der Waals surface area contributed by atoms with E-state index in [2.05, 4.69) is 10.6 Å². The minimum absolute atomic E-state index is 0.0875. The molecular weight excluding hydrogens is 250 g/mol. The predicted molar refractivity (Wildman–Crippen MR) is 68.4 cm³/mol. The first-order valence-corrected chi connectivity index (χ1v) is 6.34. The molecule has 1 saturated heterocycles. The number of hydrogen-bond acceptors (Lipinski definition) is 5. The Morgan fingerprint density at radius 1 is 1.26 bits per heavy atom. The summed E-state index contributed by atoms with van der Waals surface area (Å²) in [5, 5.41) is 4.58. The van der Waals surface area contributed by atoms with E-state index in [1.807, 2.05) is 4.90 Å². The summed E-state index contributed by atoms with van der Waals surface area (Å²) in [4.78, 5) is 36.2. The van der Waals surface area contributed by atoms with Gasteiger partial charge in [0.05, 0.1) is 19.1 Å². The second-order valence-electron chi connectivity index (χ2n) is 4.58. The van der Waals surface area contributed by atoms with Gasteiger partial charge in [0.2, 0.25) is 5.91 Å². The molecule has 0 aromatic carbocycles. The lowest BCUT2D eigenvalue weighted by atomic mass is 9.96. The first-order chi connectivity index (χ1) is 8.99. The van der Waals surface area contributed by atoms with Crippen LogP contribution >= 0.6 is 0 Å². The molecule has 1 fully saturated rings. The fourth-order valence-electron chi connectivity index (χ4n) is 2.13. The van der Waals surface area contributed by atoms with Gasteiger partial charge in [-0.3, -0.25) is 19.8 Å². The van der Waals surface area contributed by atoms with Crippen LogP contribution in [0.3, 0.4) is 0 Å². The van der Waals surface area contributed by atoms with Gasteiger partial charge in [0, 0.05) is 7.05 Å².